The van der Waals surface area contributed by atoms with Gasteiger partial charge in [0.15, 0.2) is 0 Å². The number of nitrogen functional groups attached to an aromatic ring is 1. The molecule has 2 aromatic heterocycles. The van der Waals surface area contributed by atoms with E-state index < -0.39 is 9.84 Å². The molecule has 1 saturated carbocycles. The third-order valence-electron chi connectivity index (χ3n) is 5.09. The lowest BCUT2D eigenvalue weighted by molar-refractivity contribution is 0.272. The number of ether oxygens (including phenoxy) is 1. The molecule has 0 aliphatic heterocycles. The van der Waals surface area contributed by atoms with Crippen LogP contribution < -0.4 is 10.5 Å². The zero-order chi connectivity index (χ0) is 18.9. The van der Waals surface area contributed by atoms with Crippen molar-refractivity contribution >= 4 is 26.7 Å². The zero-order valence-electron chi connectivity index (χ0n) is 14.9. The van der Waals surface area contributed by atoms with E-state index in [4.69, 9.17) is 10.5 Å². The summed E-state index contributed by atoms with van der Waals surface area (Å²) in [6.45, 7) is 0.538. The first-order valence-electron chi connectivity index (χ1n) is 9.12. The molecule has 0 saturated heterocycles. The summed E-state index contributed by atoms with van der Waals surface area (Å²) in [5.41, 5.74) is 6.68. The van der Waals surface area contributed by atoms with Crippen LogP contribution in [-0.2, 0) is 9.84 Å². The monoisotopic (exact) mass is 386 g/mol. The molecule has 1 aromatic carbocycles. The van der Waals surface area contributed by atoms with Gasteiger partial charge in [-0.25, -0.2) is 13.4 Å². The van der Waals surface area contributed by atoms with Gasteiger partial charge in [0.1, 0.15) is 28.1 Å². The standard InChI is InChI=1S/C19H22N4O3S/c20-18-17(27(24,25)14-8-2-1-3-9-14)15-16(23-18)19(22-12-21-15)26-11-10-13-6-4-5-7-13/h1-3,8-9,12-13,23H,4-7,10-11,20H2. The first kappa shape index (κ1) is 17.8. The number of benzene rings is 1. The molecule has 0 unspecified atom stereocenters. The average molecular weight is 386 g/mol. The summed E-state index contributed by atoms with van der Waals surface area (Å²) in [4.78, 5) is 11.4. The minimum atomic E-state index is -3.81. The lowest BCUT2D eigenvalue weighted by Crippen LogP contribution is -2.06. The number of aromatic nitrogens is 3. The Balaban J connectivity index is 1.66. The predicted octanol–water partition coefficient (Wildman–Crippen LogP) is 3.33. The van der Waals surface area contributed by atoms with Crippen molar-refractivity contribution in [3.8, 4) is 5.88 Å². The molecule has 8 heteroatoms. The van der Waals surface area contributed by atoms with E-state index in [0.29, 0.717) is 23.9 Å². The molecule has 2 heterocycles. The summed E-state index contributed by atoms with van der Waals surface area (Å²) in [7, 11) is -3.81. The molecule has 0 radical (unpaired) electrons. The van der Waals surface area contributed by atoms with E-state index in [-0.39, 0.29) is 21.1 Å². The maximum atomic E-state index is 13.0. The lowest BCUT2D eigenvalue weighted by Gasteiger charge is -2.10. The number of anilines is 1. The Labute approximate surface area is 157 Å². The molecule has 0 spiro atoms. The molecule has 1 fully saturated rings. The van der Waals surface area contributed by atoms with Crippen molar-refractivity contribution < 1.29 is 13.2 Å². The topological polar surface area (TPSA) is 111 Å². The second kappa shape index (κ2) is 7.19. The van der Waals surface area contributed by atoms with Gasteiger partial charge in [-0.05, 0) is 24.5 Å². The van der Waals surface area contributed by atoms with Crippen molar-refractivity contribution in [2.45, 2.75) is 41.9 Å². The summed E-state index contributed by atoms with van der Waals surface area (Å²) in [6.07, 6.45) is 7.35. The van der Waals surface area contributed by atoms with Crippen molar-refractivity contribution in [3.63, 3.8) is 0 Å². The van der Waals surface area contributed by atoms with Gasteiger partial charge >= 0.3 is 0 Å². The average Bonchev–Trinajstić information content (AvgIpc) is 3.30. The Bertz CT molecular complexity index is 1040. The lowest BCUT2D eigenvalue weighted by atomic mass is 10.1. The Hall–Kier alpha value is -2.61. The molecule has 7 nitrogen and oxygen atoms in total. The molecule has 0 bridgehead atoms. The number of nitrogens with one attached hydrogen (secondary N) is 1. The summed E-state index contributed by atoms with van der Waals surface area (Å²) in [6, 6.07) is 8.17. The number of sulfone groups is 1. The van der Waals surface area contributed by atoms with Crippen LogP contribution in [0.3, 0.4) is 0 Å². The van der Waals surface area contributed by atoms with Crippen LogP contribution in [0.4, 0.5) is 5.82 Å². The maximum absolute atomic E-state index is 13.0. The normalized spacial score (nSPS) is 15.4. The van der Waals surface area contributed by atoms with Crippen LogP contribution in [-0.4, -0.2) is 30.0 Å². The van der Waals surface area contributed by atoms with E-state index in [9.17, 15) is 8.42 Å². The first-order chi connectivity index (χ1) is 13.1. The molecule has 27 heavy (non-hydrogen) atoms. The molecule has 3 aromatic rings. The van der Waals surface area contributed by atoms with Crippen LogP contribution in [0.2, 0.25) is 0 Å². The summed E-state index contributed by atoms with van der Waals surface area (Å²) in [5, 5.41) is 0. The van der Waals surface area contributed by atoms with Crippen LogP contribution in [0.5, 0.6) is 5.88 Å². The Kier molecular flexibility index (Phi) is 4.73. The van der Waals surface area contributed by atoms with E-state index in [1.807, 2.05) is 0 Å². The van der Waals surface area contributed by atoms with Gasteiger partial charge in [0.05, 0.1) is 11.5 Å². The fourth-order valence-electron chi connectivity index (χ4n) is 3.69. The van der Waals surface area contributed by atoms with Gasteiger partial charge in [0.25, 0.3) is 0 Å². The minimum absolute atomic E-state index is 0.0354. The summed E-state index contributed by atoms with van der Waals surface area (Å²) < 4.78 is 31.9. The Morgan fingerprint density at radius 3 is 2.63 bits per heavy atom. The molecular weight excluding hydrogens is 364 g/mol. The molecular formula is C19H22N4O3S. The van der Waals surface area contributed by atoms with E-state index in [1.165, 1.54) is 44.1 Å². The number of fused-ring (bicyclic) bond motifs is 1. The second-order valence-corrected chi connectivity index (χ2v) is 8.76. The minimum Gasteiger partial charge on any atom is -0.476 e. The molecule has 1 aliphatic carbocycles. The molecule has 142 valence electrons. The first-order valence-corrected chi connectivity index (χ1v) is 10.6. The van der Waals surface area contributed by atoms with Crippen molar-refractivity contribution in [3.05, 3.63) is 36.7 Å². The van der Waals surface area contributed by atoms with Gasteiger partial charge in [-0.1, -0.05) is 43.9 Å². The summed E-state index contributed by atoms with van der Waals surface area (Å²) >= 11 is 0. The highest BCUT2D eigenvalue weighted by Crippen LogP contribution is 2.35. The van der Waals surface area contributed by atoms with Crippen LogP contribution in [0.15, 0.2) is 46.5 Å². The highest BCUT2D eigenvalue weighted by molar-refractivity contribution is 7.92. The van der Waals surface area contributed by atoms with Gasteiger partial charge in [0.2, 0.25) is 15.7 Å². The summed E-state index contributed by atoms with van der Waals surface area (Å²) in [5.74, 6) is 1.07. The number of hydrogen-bond acceptors (Lipinski definition) is 6. The molecule has 3 N–H and O–H groups in total. The predicted molar refractivity (Wildman–Crippen MR) is 102 cm³/mol. The zero-order valence-corrected chi connectivity index (χ0v) is 15.7. The maximum Gasteiger partial charge on any atom is 0.241 e. The van der Waals surface area contributed by atoms with Gasteiger partial charge in [0, 0.05) is 0 Å². The fourth-order valence-corrected chi connectivity index (χ4v) is 5.19. The van der Waals surface area contributed by atoms with Crippen LogP contribution in [0.25, 0.3) is 11.0 Å². The van der Waals surface area contributed by atoms with Gasteiger partial charge in [-0.3, -0.25) is 0 Å². The van der Waals surface area contributed by atoms with Crippen LogP contribution in [0.1, 0.15) is 32.1 Å². The van der Waals surface area contributed by atoms with Crippen LogP contribution >= 0.6 is 0 Å². The van der Waals surface area contributed by atoms with Crippen molar-refractivity contribution in [1.29, 1.82) is 0 Å². The number of aromatic amines is 1. The number of H-pyrrole nitrogens is 1. The van der Waals surface area contributed by atoms with Gasteiger partial charge in [-0.2, -0.15) is 4.98 Å². The fraction of sp³-hybridized carbons (Fsp3) is 0.368. The second-order valence-electron chi connectivity index (χ2n) is 6.87. The van der Waals surface area contributed by atoms with Crippen molar-refractivity contribution in [2.24, 2.45) is 5.92 Å². The molecule has 0 atom stereocenters. The molecule has 1 aliphatic rings. The van der Waals surface area contributed by atoms with E-state index in [0.717, 1.165) is 6.42 Å². The number of nitrogens with two attached hydrogens (primary N) is 1. The highest BCUT2D eigenvalue weighted by atomic mass is 32.2. The van der Waals surface area contributed by atoms with E-state index in [2.05, 4.69) is 15.0 Å². The molecule has 4 rings (SSSR count). The quantitative estimate of drug-likeness (QED) is 0.672. The number of nitrogens with zero attached hydrogens (tertiary/aromatic N) is 2. The Morgan fingerprint density at radius 2 is 1.89 bits per heavy atom. The van der Waals surface area contributed by atoms with Gasteiger partial charge in [-0.15, -0.1) is 0 Å². The highest BCUT2D eigenvalue weighted by Gasteiger charge is 2.28. The SMILES string of the molecule is Nc1[nH]c2c(OCCC3CCCC3)ncnc2c1S(=O)(=O)c1ccccc1. The third-order valence-corrected chi connectivity index (χ3v) is 6.94. The van der Waals surface area contributed by atoms with Crippen molar-refractivity contribution in [1.82, 2.24) is 15.0 Å². The Morgan fingerprint density at radius 1 is 1.15 bits per heavy atom. The van der Waals surface area contributed by atoms with E-state index >= 15 is 0 Å². The third kappa shape index (κ3) is 3.37. The smallest absolute Gasteiger partial charge is 0.241 e. The van der Waals surface area contributed by atoms with Crippen molar-refractivity contribution in [2.75, 3.05) is 12.3 Å². The number of rotatable bonds is 6. The van der Waals surface area contributed by atoms with E-state index in [1.54, 1.807) is 18.2 Å². The van der Waals surface area contributed by atoms with Crippen LogP contribution in [0, 0.1) is 5.92 Å². The largest absolute Gasteiger partial charge is 0.476 e. The molecule has 0 amide bonds. The van der Waals surface area contributed by atoms with Gasteiger partial charge < -0.3 is 15.5 Å². The number of hydrogen-bond donors (Lipinski definition) is 2.